The highest BCUT2D eigenvalue weighted by molar-refractivity contribution is 5.94. The molecule has 2 aromatic carbocycles. The Bertz CT molecular complexity index is 1110. The van der Waals surface area contributed by atoms with Gasteiger partial charge in [-0.3, -0.25) is 4.79 Å². The summed E-state index contributed by atoms with van der Waals surface area (Å²) in [6.45, 7) is 12.4. The lowest BCUT2D eigenvalue weighted by atomic mass is 9.92. The summed E-state index contributed by atoms with van der Waals surface area (Å²) < 4.78 is 1.74. The van der Waals surface area contributed by atoms with E-state index in [-0.39, 0.29) is 29.9 Å². The zero-order valence-electron chi connectivity index (χ0n) is 20.9. The number of aryl methyl sites for hydroxylation is 1. The van der Waals surface area contributed by atoms with E-state index in [0.717, 1.165) is 22.5 Å². The van der Waals surface area contributed by atoms with E-state index in [1.54, 1.807) is 4.68 Å². The Hall–Kier alpha value is -3.61. The molecule has 0 bridgehead atoms. The van der Waals surface area contributed by atoms with Crippen LogP contribution in [0.5, 0.6) is 0 Å². The molecule has 1 heterocycles. The van der Waals surface area contributed by atoms with Gasteiger partial charge in [0.25, 0.3) is 0 Å². The predicted octanol–water partition coefficient (Wildman–Crippen LogP) is 5.04. The van der Waals surface area contributed by atoms with Gasteiger partial charge in [-0.1, -0.05) is 68.8 Å². The van der Waals surface area contributed by atoms with Crippen LogP contribution in [0, 0.1) is 6.92 Å². The molecule has 0 unspecified atom stereocenters. The molecule has 7 heteroatoms. The van der Waals surface area contributed by atoms with Crippen LogP contribution in [0.4, 0.5) is 10.6 Å². The summed E-state index contributed by atoms with van der Waals surface area (Å²) in [7, 11) is 0. The van der Waals surface area contributed by atoms with Crippen molar-refractivity contribution in [1.29, 1.82) is 0 Å². The van der Waals surface area contributed by atoms with Crippen LogP contribution < -0.4 is 10.6 Å². The molecule has 2 N–H and O–H groups in total. The third-order valence-corrected chi connectivity index (χ3v) is 5.51. The van der Waals surface area contributed by atoms with Gasteiger partial charge in [0, 0.05) is 24.1 Å². The number of amides is 3. The van der Waals surface area contributed by atoms with Crippen LogP contribution in [0.25, 0.3) is 5.69 Å². The fraction of sp³-hybridized carbons (Fsp3) is 0.370. The smallest absolute Gasteiger partial charge is 0.318 e. The Morgan fingerprint density at radius 2 is 1.68 bits per heavy atom. The lowest BCUT2D eigenvalue weighted by Gasteiger charge is -2.26. The SMILES string of the molecule is Cc1ccc(-n2nc(C(C)(C)C)cc2NC(=O)CN(C(=O)NCc2ccccc2)C(C)C)cc1. The lowest BCUT2D eigenvalue weighted by molar-refractivity contribution is -0.117. The minimum absolute atomic E-state index is 0.0672. The Balaban J connectivity index is 1.75. The highest BCUT2D eigenvalue weighted by Gasteiger charge is 2.24. The van der Waals surface area contributed by atoms with E-state index in [1.807, 2.05) is 81.4 Å². The first-order valence-electron chi connectivity index (χ1n) is 11.6. The molecule has 0 aliphatic heterocycles. The van der Waals surface area contributed by atoms with Crippen molar-refractivity contribution in [3.05, 3.63) is 77.5 Å². The van der Waals surface area contributed by atoms with Crippen LogP contribution in [-0.2, 0) is 16.8 Å². The molecule has 180 valence electrons. The van der Waals surface area contributed by atoms with Crippen molar-refractivity contribution in [2.75, 3.05) is 11.9 Å². The molecule has 0 saturated heterocycles. The minimum atomic E-state index is -0.281. The van der Waals surface area contributed by atoms with Gasteiger partial charge < -0.3 is 15.5 Å². The number of carbonyl (C=O) groups is 2. The van der Waals surface area contributed by atoms with E-state index in [4.69, 9.17) is 5.10 Å². The Morgan fingerprint density at radius 3 is 2.26 bits per heavy atom. The molecule has 0 atom stereocenters. The number of nitrogens with one attached hydrogen (secondary N) is 2. The van der Waals surface area contributed by atoms with Crippen molar-refractivity contribution in [1.82, 2.24) is 20.0 Å². The van der Waals surface area contributed by atoms with E-state index < -0.39 is 0 Å². The van der Waals surface area contributed by atoms with E-state index in [2.05, 4.69) is 31.4 Å². The first-order valence-corrected chi connectivity index (χ1v) is 11.6. The first kappa shape index (κ1) is 25.0. The topological polar surface area (TPSA) is 79.3 Å². The summed E-state index contributed by atoms with van der Waals surface area (Å²) in [6.07, 6.45) is 0. The second-order valence-electron chi connectivity index (χ2n) is 9.83. The van der Waals surface area contributed by atoms with Crippen LogP contribution >= 0.6 is 0 Å². The zero-order chi connectivity index (χ0) is 24.9. The normalized spacial score (nSPS) is 11.4. The molecular weight excluding hydrogens is 426 g/mol. The molecule has 0 spiro atoms. The third kappa shape index (κ3) is 6.47. The van der Waals surface area contributed by atoms with E-state index in [0.29, 0.717) is 12.4 Å². The Kier molecular flexibility index (Phi) is 7.76. The summed E-state index contributed by atoms with van der Waals surface area (Å²) in [5.41, 5.74) is 3.69. The summed E-state index contributed by atoms with van der Waals surface area (Å²) >= 11 is 0. The molecular formula is C27H35N5O2. The number of hydrogen-bond donors (Lipinski definition) is 2. The third-order valence-electron chi connectivity index (χ3n) is 5.51. The number of rotatable bonds is 7. The second kappa shape index (κ2) is 10.5. The van der Waals surface area contributed by atoms with E-state index in [1.165, 1.54) is 4.90 Å². The minimum Gasteiger partial charge on any atom is -0.334 e. The maximum Gasteiger partial charge on any atom is 0.318 e. The Morgan fingerprint density at radius 1 is 1.03 bits per heavy atom. The second-order valence-corrected chi connectivity index (χ2v) is 9.83. The predicted molar refractivity (Wildman–Crippen MR) is 136 cm³/mol. The van der Waals surface area contributed by atoms with Gasteiger partial charge in [0.1, 0.15) is 12.4 Å². The zero-order valence-corrected chi connectivity index (χ0v) is 20.9. The standard InChI is InChI=1S/C27H35N5O2/c1-19(2)31(26(34)28-17-21-10-8-7-9-11-21)18-25(33)29-24-16-23(27(4,5)6)30-32(24)22-14-12-20(3)13-15-22/h7-16,19H,17-18H2,1-6H3,(H,28,34)(H,29,33). The lowest BCUT2D eigenvalue weighted by Crippen LogP contribution is -2.47. The maximum absolute atomic E-state index is 13.0. The first-order chi connectivity index (χ1) is 16.0. The van der Waals surface area contributed by atoms with Crippen molar-refractivity contribution in [3.8, 4) is 5.69 Å². The maximum atomic E-state index is 13.0. The molecule has 1 aromatic heterocycles. The van der Waals surface area contributed by atoms with Crippen LogP contribution in [0.3, 0.4) is 0 Å². The summed E-state index contributed by atoms with van der Waals surface area (Å²) in [5, 5.41) is 10.6. The molecule has 7 nitrogen and oxygen atoms in total. The van der Waals surface area contributed by atoms with Crippen LogP contribution in [0.15, 0.2) is 60.7 Å². The number of hydrogen-bond acceptors (Lipinski definition) is 3. The summed E-state index contributed by atoms with van der Waals surface area (Å²) in [5.74, 6) is 0.296. The molecule has 0 fully saturated rings. The fourth-order valence-corrected chi connectivity index (χ4v) is 3.42. The molecule has 0 aliphatic rings. The van der Waals surface area contributed by atoms with Gasteiger partial charge in [-0.25, -0.2) is 9.48 Å². The monoisotopic (exact) mass is 461 g/mol. The van der Waals surface area contributed by atoms with Gasteiger partial charge in [-0.05, 0) is 38.5 Å². The van der Waals surface area contributed by atoms with Crippen LogP contribution in [0.1, 0.15) is 51.4 Å². The Labute approximate surface area is 202 Å². The highest BCUT2D eigenvalue weighted by atomic mass is 16.2. The van der Waals surface area contributed by atoms with Gasteiger partial charge in [0.15, 0.2) is 0 Å². The number of carbonyl (C=O) groups excluding carboxylic acids is 2. The van der Waals surface area contributed by atoms with Gasteiger partial charge in [-0.2, -0.15) is 5.10 Å². The van der Waals surface area contributed by atoms with Crippen molar-refractivity contribution in [2.24, 2.45) is 0 Å². The average molecular weight is 462 g/mol. The molecule has 3 amide bonds. The van der Waals surface area contributed by atoms with Crippen molar-refractivity contribution in [3.63, 3.8) is 0 Å². The number of aromatic nitrogens is 2. The van der Waals surface area contributed by atoms with Gasteiger partial charge in [-0.15, -0.1) is 0 Å². The fourth-order valence-electron chi connectivity index (χ4n) is 3.42. The van der Waals surface area contributed by atoms with Crippen molar-refractivity contribution >= 4 is 17.8 Å². The average Bonchev–Trinajstić information content (AvgIpc) is 3.21. The molecule has 34 heavy (non-hydrogen) atoms. The van der Waals surface area contributed by atoms with Crippen molar-refractivity contribution in [2.45, 2.75) is 59.5 Å². The van der Waals surface area contributed by atoms with Crippen molar-refractivity contribution < 1.29 is 9.59 Å². The molecule has 0 radical (unpaired) electrons. The largest absolute Gasteiger partial charge is 0.334 e. The van der Waals surface area contributed by atoms with Gasteiger partial charge in [0.2, 0.25) is 5.91 Å². The molecule has 3 rings (SSSR count). The van der Waals surface area contributed by atoms with Crippen LogP contribution in [0.2, 0.25) is 0 Å². The molecule has 0 saturated carbocycles. The quantitative estimate of drug-likeness (QED) is 0.518. The number of urea groups is 1. The summed E-state index contributed by atoms with van der Waals surface area (Å²) in [4.78, 5) is 27.4. The van der Waals surface area contributed by atoms with Gasteiger partial charge in [0.05, 0.1) is 11.4 Å². The summed E-state index contributed by atoms with van der Waals surface area (Å²) in [6, 6.07) is 19.1. The van der Waals surface area contributed by atoms with Crippen LogP contribution in [-0.4, -0.2) is 39.2 Å². The highest BCUT2D eigenvalue weighted by Crippen LogP contribution is 2.26. The molecule has 0 aliphatic carbocycles. The number of nitrogens with zero attached hydrogens (tertiary/aromatic N) is 3. The van der Waals surface area contributed by atoms with Gasteiger partial charge >= 0.3 is 6.03 Å². The van der Waals surface area contributed by atoms with E-state index in [9.17, 15) is 9.59 Å². The molecule has 3 aromatic rings. The van der Waals surface area contributed by atoms with E-state index >= 15 is 0 Å². The number of anilines is 1. The number of benzene rings is 2.